The lowest BCUT2D eigenvalue weighted by molar-refractivity contribution is 0.0817. The van der Waals surface area contributed by atoms with Crippen molar-refractivity contribution >= 4 is 17.3 Å². The molecule has 3 heterocycles. The third kappa shape index (κ3) is 6.87. The standard InChI is InChI=1S/C36H46N8O2/c1-23-12-14-26(15-13-23)29-20-30(39-41-35(29)37)28-9-5-7-11-34(28)46-22-43(3)24(2)25-16-18-44(19-17-25)32-21-31(40-42-36(32)38)27-8-4-6-10-33(27)45/h4-11,20-21,23-26,45H,12-19,22H2,1-3H3,(H2,37,41)(H2,38,42)/t23?,24-,26?/m0/s1. The van der Waals surface area contributed by atoms with E-state index in [1.807, 2.05) is 42.5 Å². The summed E-state index contributed by atoms with van der Waals surface area (Å²) in [5, 5.41) is 27.6. The van der Waals surface area contributed by atoms with Gasteiger partial charge in [-0.15, -0.1) is 20.4 Å². The largest absolute Gasteiger partial charge is 0.507 e. The van der Waals surface area contributed by atoms with E-state index in [-0.39, 0.29) is 5.75 Å². The molecule has 1 atom stereocenters. The summed E-state index contributed by atoms with van der Waals surface area (Å²) in [4.78, 5) is 4.55. The summed E-state index contributed by atoms with van der Waals surface area (Å²) >= 11 is 0. The molecule has 4 aromatic rings. The first-order valence-electron chi connectivity index (χ1n) is 16.5. The van der Waals surface area contributed by atoms with Crippen LogP contribution in [0.2, 0.25) is 0 Å². The second kappa shape index (κ2) is 13.9. The highest BCUT2D eigenvalue weighted by Crippen LogP contribution is 2.39. The number of nitrogens with zero attached hydrogens (tertiary/aromatic N) is 6. The smallest absolute Gasteiger partial charge is 0.169 e. The Labute approximate surface area is 271 Å². The van der Waals surface area contributed by atoms with Gasteiger partial charge < -0.3 is 26.2 Å². The number of anilines is 3. The van der Waals surface area contributed by atoms with Gasteiger partial charge in [-0.3, -0.25) is 4.90 Å². The highest BCUT2D eigenvalue weighted by Gasteiger charge is 2.28. The monoisotopic (exact) mass is 622 g/mol. The minimum Gasteiger partial charge on any atom is -0.507 e. The minimum absolute atomic E-state index is 0.174. The SMILES string of the molecule is CC1CCC(c2cc(-c3ccccc3OCN(C)[C@@H](C)C3CCN(c4cc(-c5ccccc5O)nnc4N)CC3)nnc2N)CC1. The molecule has 46 heavy (non-hydrogen) atoms. The molecule has 1 saturated heterocycles. The van der Waals surface area contributed by atoms with Crippen molar-refractivity contribution in [3.8, 4) is 34.0 Å². The Bertz CT molecular complexity index is 1630. The van der Waals surface area contributed by atoms with Crippen molar-refractivity contribution in [1.29, 1.82) is 0 Å². The Hall–Kier alpha value is -4.44. The van der Waals surface area contributed by atoms with Gasteiger partial charge in [0.1, 0.15) is 24.0 Å². The van der Waals surface area contributed by atoms with Crippen molar-refractivity contribution in [1.82, 2.24) is 25.3 Å². The zero-order valence-corrected chi connectivity index (χ0v) is 27.1. The fraction of sp³-hybridized carbons (Fsp3) is 0.444. The maximum Gasteiger partial charge on any atom is 0.169 e. The van der Waals surface area contributed by atoms with Crippen LogP contribution < -0.4 is 21.1 Å². The number of phenolic OH excluding ortho intramolecular Hbond substituents is 1. The molecular weight excluding hydrogens is 576 g/mol. The fourth-order valence-electron chi connectivity index (χ4n) is 6.99. The lowest BCUT2D eigenvalue weighted by Crippen LogP contribution is -2.44. The fourth-order valence-corrected chi connectivity index (χ4v) is 6.99. The Kier molecular flexibility index (Phi) is 9.53. The van der Waals surface area contributed by atoms with Gasteiger partial charge in [0.25, 0.3) is 0 Å². The second-order valence-electron chi connectivity index (χ2n) is 13.1. The van der Waals surface area contributed by atoms with E-state index in [4.69, 9.17) is 16.2 Å². The zero-order valence-electron chi connectivity index (χ0n) is 27.1. The third-order valence-electron chi connectivity index (χ3n) is 10.1. The van der Waals surface area contributed by atoms with Crippen LogP contribution in [0.3, 0.4) is 0 Å². The average Bonchev–Trinajstić information content (AvgIpc) is 3.08. The van der Waals surface area contributed by atoms with Crippen LogP contribution in [0.25, 0.3) is 22.5 Å². The maximum absolute atomic E-state index is 10.3. The molecule has 1 aliphatic heterocycles. The number of benzene rings is 2. The van der Waals surface area contributed by atoms with Gasteiger partial charge in [0.2, 0.25) is 0 Å². The molecule has 1 saturated carbocycles. The average molecular weight is 623 g/mol. The Morgan fingerprint density at radius 1 is 0.848 bits per heavy atom. The van der Waals surface area contributed by atoms with E-state index in [2.05, 4.69) is 57.2 Å². The number of piperidine rings is 1. The normalized spacial score (nSPS) is 19.7. The van der Waals surface area contributed by atoms with Gasteiger partial charge in [0.15, 0.2) is 5.82 Å². The Balaban J connectivity index is 1.08. The van der Waals surface area contributed by atoms with Crippen molar-refractivity contribution in [3.63, 3.8) is 0 Å². The number of aromatic hydroxyl groups is 1. The summed E-state index contributed by atoms with van der Waals surface area (Å²) in [5.41, 5.74) is 17.6. The van der Waals surface area contributed by atoms with E-state index in [1.54, 1.807) is 12.1 Å². The van der Waals surface area contributed by atoms with E-state index >= 15 is 0 Å². The number of nitrogen functional groups attached to an aromatic ring is 2. The molecule has 10 nitrogen and oxygen atoms in total. The number of hydrogen-bond donors (Lipinski definition) is 3. The van der Waals surface area contributed by atoms with Gasteiger partial charge in [-0.1, -0.05) is 44.0 Å². The van der Waals surface area contributed by atoms with Crippen molar-refractivity contribution < 1.29 is 9.84 Å². The van der Waals surface area contributed by atoms with Crippen LogP contribution >= 0.6 is 0 Å². The molecule has 242 valence electrons. The van der Waals surface area contributed by atoms with Crippen LogP contribution in [-0.2, 0) is 0 Å². The lowest BCUT2D eigenvalue weighted by Gasteiger charge is -2.39. The first-order chi connectivity index (χ1) is 22.3. The topological polar surface area (TPSA) is 140 Å². The summed E-state index contributed by atoms with van der Waals surface area (Å²) in [6.07, 6.45) is 6.75. The number of phenols is 1. The summed E-state index contributed by atoms with van der Waals surface area (Å²) in [6, 6.07) is 19.6. The highest BCUT2D eigenvalue weighted by molar-refractivity contribution is 5.74. The molecule has 0 amide bonds. The molecular formula is C36H46N8O2. The van der Waals surface area contributed by atoms with E-state index in [1.165, 1.54) is 12.8 Å². The van der Waals surface area contributed by atoms with Crippen LogP contribution in [0.4, 0.5) is 17.3 Å². The van der Waals surface area contributed by atoms with Gasteiger partial charge in [-0.05, 0) is 93.8 Å². The first-order valence-corrected chi connectivity index (χ1v) is 16.5. The van der Waals surface area contributed by atoms with Crippen LogP contribution in [-0.4, -0.2) is 63.3 Å². The van der Waals surface area contributed by atoms with E-state index in [9.17, 15) is 5.11 Å². The van der Waals surface area contributed by atoms with Gasteiger partial charge in [-0.25, -0.2) is 0 Å². The maximum atomic E-state index is 10.3. The molecule has 2 aliphatic rings. The number of aromatic nitrogens is 4. The molecule has 0 unspecified atom stereocenters. The number of nitrogens with two attached hydrogens (primary N) is 2. The molecule has 2 aromatic heterocycles. The minimum atomic E-state index is 0.174. The van der Waals surface area contributed by atoms with Crippen molar-refractivity contribution in [3.05, 3.63) is 66.2 Å². The first kappa shape index (κ1) is 31.5. The number of ether oxygens (including phenoxy) is 1. The van der Waals surface area contributed by atoms with Gasteiger partial charge in [-0.2, -0.15) is 0 Å². The van der Waals surface area contributed by atoms with Gasteiger partial charge >= 0.3 is 0 Å². The molecule has 2 fully saturated rings. The molecule has 0 bridgehead atoms. The Morgan fingerprint density at radius 3 is 2.20 bits per heavy atom. The lowest BCUT2D eigenvalue weighted by atomic mass is 9.79. The van der Waals surface area contributed by atoms with E-state index < -0.39 is 0 Å². The number of hydrogen-bond acceptors (Lipinski definition) is 10. The van der Waals surface area contributed by atoms with Crippen molar-refractivity contribution in [2.75, 3.05) is 43.2 Å². The second-order valence-corrected chi connectivity index (χ2v) is 13.1. The van der Waals surface area contributed by atoms with Crippen LogP contribution in [0.5, 0.6) is 11.5 Å². The quantitative estimate of drug-likeness (QED) is 0.181. The highest BCUT2D eigenvalue weighted by atomic mass is 16.5. The molecule has 6 rings (SSSR count). The summed E-state index contributed by atoms with van der Waals surface area (Å²) in [7, 11) is 2.12. The van der Waals surface area contributed by atoms with Crippen LogP contribution in [0.15, 0.2) is 60.7 Å². The van der Waals surface area contributed by atoms with Crippen LogP contribution in [0, 0.1) is 11.8 Å². The van der Waals surface area contributed by atoms with Gasteiger partial charge in [0, 0.05) is 35.8 Å². The molecule has 0 spiro atoms. The number of para-hydroxylation sites is 2. The number of rotatable bonds is 9. The summed E-state index contributed by atoms with van der Waals surface area (Å²) in [5.74, 6) is 3.61. The zero-order chi connectivity index (χ0) is 32.2. The Morgan fingerprint density at radius 2 is 1.48 bits per heavy atom. The van der Waals surface area contributed by atoms with E-state index in [0.717, 1.165) is 72.9 Å². The third-order valence-corrected chi connectivity index (χ3v) is 10.1. The van der Waals surface area contributed by atoms with Gasteiger partial charge in [0.05, 0.1) is 17.1 Å². The van der Waals surface area contributed by atoms with E-state index in [0.29, 0.717) is 47.5 Å². The molecule has 1 aliphatic carbocycles. The predicted molar refractivity (Wildman–Crippen MR) is 183 cm³/mol. The van der Waals surface area contributed by atoms with Crippen molar-refractivity contribution in [2.45, 2.75) is 64.3 Å². The predicted octanol–water partition coefficient (Wildman–Crippen LogP) is 6.34. The summed E-state index contributed by atoms with van der Waals surface area (Å²) in [6.45, 7) is 6.79. The molecule has 10 heteroatoms. The van der Waals surface area contributed by atoms with Crippen LogP contribution in [0.1, 0.15) is 63.9 Å². The molecule has 0 radical (unpaired) electrons. The summed E-state index contributed by atoms with van der Waals surface area (Å²) < 4.78 is 6.43. The molecule has 5 N–H and O–H groups in total. The van der Waals surface area contributed by atoms with Crippen molar-refractivity contribution in [2.24, 2.45) is 11.8 Å². The molecule has 2 aromatic carbocycles.